The molecule has 0 saturated heterocycles. The van der Waals surface area contributed by atoms with E-state index in [0.29, 0.717) is 5.82 Å². The van der Waals surface area contributed by atoms with Gasteiger partial charge >= 0.3 is 0 Å². The van der Waals surface area contributed by atoms with Gasteiger partial charge in [-0.2, -0.15) is 0 Å². The van der Waals surface area contributed by atoms with E-state index in [0.717, 1.165) is 17.2 Å². The molecule has 0 aliphatic rings. The highest BCUT2D eigenvalue weighted by Crippen LogP contribution is 2.22. The summed E-state index contributed by atoms with van der Waals surface area (Å²) in [5.41, 5.74) is 0.561. The molecular weight excluding hydrogens is 204 g/mol. The topological polar surface area (TPSA) is 70.1 Å². The number of aliphatic hydroxyl groups is 1. The summed E-state index contributed by atoms with van der Waals surface area (Å²) in [7, 11) is 1.83. The Morgan fingerprint density at radius 2 is 1.75 bits per heavy atom. The van der Waals surface area contributed by atoms with Gasteiger partial charge < -0.3 is 15.7 Å². The van der Waals surface area contributed by atoms with Gasteiger partial charge in [-0.1, -0.05) is 0 Å². The summed E-state index contributed by atoms with van der Waals surface area (Å²) >= 11 is 0. The maximum atomic E-state index is 9.22. The van der Waals surface area contributed by atoms with E-state index in [9.17, 15) is 5.11 Å². The second kappa shape index (κ2) is 4.65. The molecule has 1 aromatic heterocycles. The summed E-state index contributed by atoms with van der Waals surface area (Å²) in [6.07, 6.45) is 0. The van der Waals surface area contributed by atoms with Crippen LogP contribution in [0.25, 0.3) is 0 Å². The number of hydrogen-bond donors (Lipinski definition) is 3. The van der Waals surface area contributed by atoms with Crippen LogP contribution in [0.5, 0.6) is 0 Å². The lowest BCUT2D eigenvalue weighted by molar-refractivity contribution is 0.234. The third kappa shape index (κ3) is 2.82. The van der Waals surface area contributed by atoms with Crippen LogP contribution in [-0.2, 0) is 0 Å². The standard InChI is InChI=1S/C11H20N4O/c1-7-9(12-5)13-8(2)14-10(7)15-11(3,4)6-16/h16H,6H2,1-5H3,(H2,12,13,14,15). The van der Waals surface area contributed by atoms with Crippen molar-refractivity contribution in [2.24, 2.45) is 0 Å². The fourth-order valence-electron chi connectivity index (χ4n) is 1.35. The molecular formula is C11H20N4O. The van der Waals surface area contributed by atoms with Crippen molar-refractivity contribution in [2.45, 2.75) is 33.2 Å². The van der Waals surface area contributed by atoms with E-state index < -0.39 is 5.54 Å². The minimum absolute atomic E-state index is 0.0460. The number of rotatable bonds is 4. The summed E-state index contributed by atoms with van der Waals surface area (Å²) in [5.74, 6) is 2.27. The van der Waals surface area contributed by atoms with Gasteiger partial charge in [0.15, 0.2) is 0 Å². The molecule has 1 heterocycles. The molecule has 3 N–H and O–H groups in total. The number of hydrogen-bond acceptors (Lipinski definition) is 5. The Morgan fingerprint density at radius 3 is 2.25 bits per heavy atom. The maximum Gasteiger partial charge on any atom is 0.135 e. The van der Waals surface area contributed by atoms with Crippen molar-refractivity contribution in [3.8, 4) is 0 Å². The molecule has 0 unspecified atom stereocenters. The van der Waals surface area contributed by atoms with Gasteiger partial charge in [-0.25, -0.2) is 9.97 Å². The molecule has 0 saturated carbocycles. The molecule has 0 amide bonds. The molecule has 0 fully saturated rings. The summed E-state index contributed by atoms with van der Waals surface area (Å²) in [4.78, 5) is 8.62. The molecule has 0 aliphatic heterocycles. The van der Waals surface area contributed by atoms with Gasteiger partial charge in [0.2, 0.25) is 0 Å². The lowest BCUT2D eigenvalue weighted by Gasteiger charge is -2.25. The Bertz CT molecular complexity index is 376. The van der Waals surface area contributed by atoms with Crippen molar-refractivity contribution < 1.29 is 5.11 Å². The van der Waals surface area contributed by atoms with Crippen LogP contribution >= 0.6 is 0 Å². The zero-order chi connectivity index (χ0) is 12.3. The zero-order valence-corrected chi connectivity index (χ0v) is 10.5. The zero-order valence-electron chi connectivity index (χ0n) is 10.5. The van der Waals surface area contributed by atoms with Crippen LogP contribution in [-0.4, -0.2) is 34.3 Å². The van der Waals surface area contributed by atoms with E-state index in [1.807, 2.05) is 34.7 Å². The third-order valence-corrected chi connectivity index (χ3v) is 2.35. The van der Waals surface area contributed by atoms with Crippen LogP contribution in [0, 0.1) is 13.8 Å². The SMILES string of the molecule is CNc1nc(C)nc(NC(C)(C)CO)c1C. The molecule has 16 heavy (non-hydrogen) atoms. The first-order valence-electron chi connectivity index (χ1n) is 5.31. The van der Waals surface area contributed by atoms with Crippen molar-refractivity contribution in [1.29, 1.82) is 0 Å². The number of aliphatic hydroxyl groups excluding tert-OH is 1. The first-order chi connectivity index (χ1) is 7.39. The molecule has 5 nitrogen and oxygen atoms in total. The van der Waals surface area contributed by atoms with E-state index >= 15 is 0 Å². The Labute approximate surface area is 96.3 Å². The molecule has 0 aromatic carbocycles. The van der Waals surface area contributed by atoms with E-state index in [4.69, 9.17) is 0 Å². The monoisotopic (exact) mass is 224 g/mol. The van der Waals surface area contributed by atoms with Crippen molar-refractivity contribution in [2.75, 3.05) is 24.3 Å². The van der Waals surface area contributed by atoms with Gasteiger partial charge in [0.25, 0.3) is 0 Å². The second-order valence-electron chi connectivity index (χ2n) is 4.51. The van der Waals surface area contributed by atoms with Crippen molar-refractivity contribution >= 4 is 11.6 Å². The van der Waals surface area contributed by atoms with Crippen LogP contribution in [0.2, 0.25) is 0 Å². The first-order valence-corrected chi connectivity index (χ1v) is 5.31. The Balaban J connectivity index is 3.09. The smallest absolute Gasteiger partial charge is 0.135 e. The Kier molecular flexibility index (Phi) is 3.70. The van der Waals surface area contributed by atoms with E-state index in [1.54, 1.807) is 0 Å². The van der Waals surface area contributed by atoms with Gasteiger partial charge in [-0.05, 0) is 27.7 Å². The summed E-state index contributed by atoms with van der Waals surface area (Å²) in [5, 5.41) is 15.5. The number of aryl methyl sites for hydroxylation is 1. The second-order valence-corrected chi connectivity index (χ2v) is 4.51. The normalized spacial score (nSPS) is 11.4. The van der Waals surface area contributed by atoms with E-state index in [-0.39, 0.29) is 6.61 Å². The molecule has 1 rings (SSSR count). The van der Waals surface area contributed by atoms with E-state index in [1.165, 1.54) is 0 Å². The number of aromatic nitrogens is 2. The minimum Gasteiger partial charge on any atom is -0.394 e. The van der Waals surface area contributed by atoms with Crippen LogP contribution in [0.4, 0.5) is 11.6 Å². The molecule has 1 aromatic rings. The highest BCUT2D eigenvalue weighted by molar-refractivity contribution is 5.57. The predicted octanol–water partition coefficient (Wildman–Crippen LogP) is 1.32. The quantitative estimate of drug-likeness (QED) is 0.719. The fourth-order valence-corrected chi connectivity index (χ4v) is 1.35. The summed E-state index contributed by atoms with van der Waals surface area (Å²) < 4.78 is 0. The number of nitrogens with zero attached hydrogens (tertiary/aromatic N) is 2. The molecule has 0 bridgehead atoms. The summed E-state index contributed by atoms with van der Waals surface area (Å²) in [6.45, 7) is 7.68. The van der Waals surface area contributed by atoms with Gasteiger partial charge in [-0.15, -0.1) is 0 Å². The van der Waals surface area contributed by atoms with Crippen LogP contribution in [0.1, 0.15) is 25.2 Å². The van der Waals surface area contributed by atoms with Crippen molar-refractivity contribution in [1.82, 2.24) is 9.97 Å². The van der Waals surface area contributed by atoms with Crippen LogP contribution < -0.4 is 10.6 Å². The molecule has 0 radical (unpaired) electrons. The van der Waals surface area contributed by atoms with E-state index in [2.05, 4.69) is 20.6 Å². The largest absolute Gasteiger partial charge is 0.394 e. The third-order valence-electron chi connectivity index (χ3n) is 2.35. The predicted molar refractivity (Wildman–Crippen MR) is 65.8 cm³/mol. The average Bonchev–Trinajstić information content (AvgIpc) is 2.22. The highest BCUT2D eigenvalue weighted by atomic mass is 16.3. The molecule has 0 aliphatic carbocycles. The minimum atomic E-state index is -0.392. The number of anilines is 2. The van der Waals surface area contributed by atoms with Gasteiger partial charge in [0.05, 0.1) is 12.1 Å². The maximum absolute atomic E-state index is 9.22. The molecule has 0 atom stereocenters. The van der Waals surface area contributed by atoms with Gasteiger partial charge in [-0.3, -0.25) is 0 Å². The van der Waals surface area contributed by atoms with Crippen molar-refractivity contribution in [3.05, 3.63) is 11.4 Å². The Morgan fingerprint density at radius 1 is 1.19 bits per heavy atom. The van der Waals surface area contributed by atoms with Crippen LogP contribution in [0.15, 0.2) is 0 Å². The number of nitrogens with one attached hydrogen (secondary N) is 2. The fraction of sp³-hybridized carbons (Fsp3) is 0.636. The first kappa shape index (κ1) is 12.7. The summed E-state index contributed by atoms with van der Waals surface area (Å²) in [6, 6.07) is 0. The lowest BCUT2D eigenvalue weighted by atomic mass is 10.1. The van der Waals surface area contributed by atoms with Crippen molar-refractivity contribution in [3.63, 3.8) is 0 Å². The lowest BCUT2D eigenvalue weighted by Crippen LogP contribution is -2.35. The molecule has 0 spiro atoms. The van der Waals surface area contributed by atoms with Gasteiger partial charge in [0, 0.05) is 12.6 Å². The average molecular weight is 224 g/mol. The Hall–Kier alpha value is -1.36. The van der Waals surface area contributed by atoms with Crippen LogP contribution in [0.3, 0.4) is 0 Å². The highest BCUT2D eigenvalue weighted by Gasteiger charge is 2.19. The van der Waals surface area contributed by atoms with Gasteiger partial charge in [0.1, 0.15) is 17.5 Å². The molecule has 90 valence electrons. The molecule has 5 heteroatoms.